The molecule has 0 spiro atoms. The molecule has 2 aromatic rings. The van der Waals surface area contributed by atoms with Crippen LogP contribution in [0.15, 0.2) is 10.7 Å². The number of carbonyl (C=O) groups excluding carboxylic acids is 1. The van der Waals surface area contributed by atoms with E-state index in [-0.39, 0.29) is 0 Å². The van der Waals surface area contributed by atoms with E-state index in [1.165, 1.54) is 13.3 Å². The Labute approximate surface area is 109 Å². The standard InChI is InChI=1S/C12H14N4O3/c1-7-13-5-9(12(17)18-2)16(7)6-10-14-11(19-15-10)8-3-4-8/h5,8H,3-4,6H2,1-2H3. The lowest BCUT2D eigenvalue weighted by Crippen LogP contribution is -2.13. The largest absolute Gasteiger partial charge is 0.464 e. The number of nitrogens with zero attached hydrogens (tertiary/aromatic N) is 4. The third-order valence-corrected chi connectivity index (χ3v) is 3.16. The Hall–Kier alpha value is -2.18. The summed E-state index contributed by atoms with van der Waals surface area (Å²) in [6, 6.07) is 0. The van der Waals surface area contributed by atoms with Crippen LogP contribution in [0.4, 0.5) is 0 Å². The summed E-state index contributed by atoms with van der Waals surface area (Å²) >= 11 is 0. The van der Waals surface area contributed by atoms with E-state index in [1.807, 2.05) is 6.92 Å². The number of hydrogen-bond acceptors (Lipinski definition) is 6. The van der Waals surface area contributed by atoms with Crippen molar-refractivity contribution in [3.8, 4) is 0 Å². The summed E-state index contributed by atoms with van der Waals surface area (Å²) in [6.45, 7) is 2.17. The smallest absolute Gasteiger partial charge is 0.356 e. The maximum Gasteiger partial charge on any atom is 0.356 e. The topological polar surface area (TPSA) is 83.0 Å². The van der Waals surface area contributed by atoms with Crippen LogP contribution in [0, 0.1) is 6.92 Å². The van der Waals surface area contributed by atoms with Crippen LogP contribution < -0.4 is 0 Å². The number of aryl methyl sites for hydroxylation is 1. The monoisotopic (exact) mass is 262 g/mol. The first-order valence-corrected chi connectivity index (χ1v) is 6.12. The predicted octanol–water partition coefficient (Wildman–Crippen LogP) is 1.29. The molecular weight excluding hydrogens is 248 g/mol. The van der Waals surface area contributed by atoms with Crippen LogP contribution >= 0.6 is 0 Å². The molecule has 3 rings (SSSR count). The molecule has 1 fully saturated rings. The molecule has 19 heavy (non-hydrogen) atoms. The van der Waals surface area contributed by atoms with Crippen LogP contribution in [0.2, 0.25) is 0 Å². The maximum absolute atomic E-state index is 11.6. The van der Waals surface area contributed by atoms with Crippen molar-refractivity contribution >= 4 is 5.97 Å². The van der Waals surface area contributed by atoms with Crippen LogP contribution in [-0.2, 0) is 11.3 Å². The van der Waals surface area contributed by atoms with Crippen LogP contribution in [0.25, 0.3) is 0 Å². The Kier molecular flexibility index (Phi) is 2.81. The molecule has 0 amide bonds. The molecule has 1 saturated carbocycles. The molecule has 7 nitrogen and oxygen atoms in total. The summed E-state index contributed by atoms with van der Waals surface area (Å²) in [5, 5.41) is 3.93. The van der Waals surface area contributed by atoms with Crippen molar-refractivity contribution in [2.45, 2.75) is 32.2 Å². The Morgan fingerprint density at radius 3 is 3.05 bits per heavy atom. The number of imidazole rings is 1. The fourth-order valence-electron chi connectivity index (χ4n) is 1.90. The van der Waals surface area contributed by atoms with Crippen molar-refractivity contribution in [3.05, 3.63) is 29.4 Å². The van der Waals surface area contributed by atoms with Gasteiger partial charge in [0, 0.05) is 5.92 Å². The summed E-state index contributed by atoms with van der Waals surface area (Å²) in [7, 11) is 1.34. The van der Waals surface area contributed by atoms with E-state index in [0.717, 1.165) is 12.8 Å². The molecule has 7 heteroatoms. The fourth-order valence-corrected chi connectivity index (χ4v) is 1.90. The van der Waals surface area contributed by atoms with Gasteiger partial charge in [-0.1, -0.05) is 5.16 Å². The molecule has 0 radical (unpaired) electrons. The van der Waals surface area contributed by atoms with Gasteiger partial charge in [-0.3, -0.25) is 0 Å². The molecule has 0 aliphatic heterocycles. The first kappa shape index (κ1) is 11.9. The zero-order valence-corrected chi connectivity index (χ0v) is 10.8. The van der Waals surface area contributed by atoms with Gasteiger partial charge in [0.15, 0.2) is 5.82 Å². The summed E-state index contributed by atoms with van der Waals surface area (Å²) in [4.78, 5) is 20.1. The highest BCUT2D eigenvalue weighted by Gasteiger charge is 2.29. The first-order valence-electron chi connectivity index (χ1n) is 6.12. The second kappa shape index (κ2) is 4.49. The third-order valence-electron chi connectivity index (χ3n) is 3.16. The van der Waals surface area contributed by atoms with Crippen molar-refractivity contribution in [3.63, 3.8) is 0 Å². The number of methoxy groups -OCH3 is 1. The molecule has 2 aromatic heterocycles. The van der Waals surface area contributed by atoms with E-state index in [0.29, 0.717) is 35.7 Å². The first-order chi connectivity index (χ1) is 9.19. The van der Waals surface area contributed by atoms with Crippen LogP contribution in [0.1, 0.15) is 46.8 Å². The number of ether oxygens (including phenoxy) is 1. The Morgan fingerprint density at radius 2 is 2.37 bits per heavy atom. The second-order valence-corrected chi connectivity index (χ2v) is 4.59. The van der Waals surface area contributed by atoms with Crippen molar-refractivity contribution in [1.82, 2.24) is 19.7 Å². The molecule has 0 aromatic carbocycles. The van der Waals surface area contributed by atoms with Gasteiger partial charge < -0.3 is 13.8 Å². The average Bonchev–Trinajstić information content (AvgIpc) is 3.06. The summed E-state index contributed by atoms with van der Waals surface area (Å²) < 4.78 is 11.6. The number of esters is 1. The Bertz CT molecular complexity index is 612. The minimum atomic E-state index is -0.425. The predicted molar refractivity (Wildman–Crippen MR) is 63.7 cm³/mol. The lowest BCUT2D eigenvalue weighted by Gasteiger charge is -2.05. The molecule has 0 saturated heterocycles. The van der Waals surface area contributed by atoms with Gasteiger partial charge in [0.25, 0.3) is 0 Å². The van der Waals surface area contributed by atoms with E-state index in [4.69, 9.17) is 9.26 Å². The van der Waals surface area contributed by atoms with Crippen molar-refractivity contribution in [1.29, 1.82) is 0 Å². The van der Waals surface area contributed by atoms with Gasteiger partial charge in [-0.15, -0.1) is 0 Å². The van der Waals surface area contributed by atoms with E-state index in [1.54, 1.807) is 4.57 Å². The Balaban J connectivity index is 1.85. The zero-order valence-electron chi connectivity index (χ0n) is 10.8. The molecule has 0 atom stereocenters. The van der Waals surface area contributed by atoms with Gasteiger partial charge in [-0.2, -0.15) is 4.98 Å². The number of carbonyl (C=O) groups is 1. The molecule has 0 N–H and O–H groups in total. The second-order valence-electron chi connectivity index (χ2n) is 4.59. The van der Waals surface area contributed by atoms with Crippen LogP contribution in [-0.4, -0.2) is 32.8 Å². The summed E-state index contributed by atoms with van der Waals surface area (Å²) in [5.74, 6) is 1.94. The van der Waals surface area contributed by atoms with Gasteiger partial charge in [-0.05, 0) is 19.8 Å². The molecule has 2 heterocycles. The SMILES string of the molecule is COC(=O)c1cnc(C)n1Cc1noc(C2CC2)n1. The quantitative estimate of drug-likeness (QED) is 0.772. The van der Waals surface area contributed by atoms with Crippen molar-refractivity contribution in [2.24, 2.45) is 0 Å². The summed E-state index contributed by atoms with van der Waals surface area (Å²) in [5.41, 5.74) is 0.387. The zero-order chi connectivity index (χ0) is 13.4. The third kappa shape index (κ3) is 2.23. The van der Waals surface area contributed by atoms with Gasteiger partial charge in [0.2, 0.25) is 5.89 Å². The minimum absolute atomic E-state index is 0.354. The highest BCUT2D eigenvalue weighted by molar-refractivity contribution is 5.87. The molecular formula is C12H14N4O3. The highest BCUT2D eigenvalue weighted by Crippen LogP contribution is 2.38. The molecule has 0 unspecified atom stereocenters. The fraction of sp³-hybridized carbons (Fsp3) is 0.500. The Morgan fingerprint density at radius 1 is 1.58 bits per heavy atom. The number of hydrogen-bond donors (Lipinski definition) is 0. The van der Waals surface area contributed by atoms with E-state index in [2.05, 4.69) is 15.1 Å². The lowest BCUT2D eigenvalue weighted by atomic mass is 10.4. The van der Waals surface area contributed by atoms with Crippen LogP contribution in [0.5, 0.6) is 0 Å². The van der Waals surface area contributed by atoms with Crippen LogP contribution in [0.3, 0.4) is 0 Å². The molecule has 100 valence electrons. The van der Waals surface area contributed by atoms with Crippen molar-refractivity contribution < 1.29 is 14.1 Å². The molecule has 0 bridgehead atoms. The van der Waals surface area contributed by atoms with E-state index >= 15 is 0 Å². The number of rotatable bonds is 4. The van der Waals surface area contributed by atoms with Gasteiger partial charge in [0.1, 0.15) is 11.5 Å². The van der Waals surface area contributed by atoms with Gasteiger partial charge in [-0.25, -0.2) is 9.78 Å². The van der Waals surface area contributed by atoms with Crippen molar-refractivity contribution in [2.75, 3.05) is 7.11 Å². The number of aromatic nitrogens is 4. The summed E-state index contributed by atoms with van der Waals surface area (Å²) in [6.07, 6.45) is 3.71. The highest BCUT2D eigenvalue weighted by atomic mass is 16.5. The molecule has 1 aliphatic rings. The lowest BCUT2D eigenvalue weighted by molar-refractivity contribution is 0.0588. The minimum Gasteiger partial charge on any atom is -0.464 e. The van der Waals surface area contributed by atoms with E-state index in [9.17, 15) is 4.79 Å². The average molecular weight is 262 g/mol. The van der Waals surface area contributed by atoms with E-state index < -0.39 is 5.97 Å². The maximum atomic E-state index is 11.6. The van der Waals surface area contributed by atoms with Gasteiger partial charge >= 0.3 is 5.97 Å². The molecule has 1 aliphatic carbocycles. The normalized spacial score (nSPS) is 14.6. The van der Waals surface area contributed by atoms with Gasteiger partial charge in [0.05, 0.1) is 19.9 Å².